The number of nitrogens with one attached hydrogen (secondary N) is 2. The van der Waals surface area contributed by atoms with E-state index in [4.69, 9.17) is 0 Å². The molecule has 0 radical (unpaired) electrons. The first kappa shape index (κ1) is 13.4. The second kappa shape index (κ2) is 7.57. The van der Waals surface area contributed by atoms with Crippen LogP contribution in [0.4, 0.5) is 0 Å². The molecule has 1 amide bonds. The van der Waals surface area contributed by atoms with Crippen molar-refractivity contribution in [3.8, 4) is 0 Å². The maximum atomic E-state index is 11.5. The lowest BCUT2D eigenvalue weighted by Gasteiger charge is -2.12. The van der Waals surface area contributed by atoms with Crippen molar-refractivity contribution in [3.05, 3.63) is 42.7 Å². The van der Waals surface area contributed by atoms with Crippen LogP contribution in [0.15, 0.2) is 37.1 Å². The van der Waals surface area contributed by atoms with Crippen LogP contribution in [0.5, 0.6) is 0 Å². The summed E-state index contributed by atoms with van der Waals surface area (Å²) < 4.78 is 0. The highest BCUT2D eigenvalue weighted by molar-refractivity contribution is 5.81. The second-order valence-electron chi connectivity index (χ2n) is 3.78. The second-order valence-corrected chi connectivity index (χ2v) is 3.78. The molecule has 0 aliphatic carbocycles. The topological polar surface area (TPSA) is 54.0 Å². The van der Waals surface area contributed by atoms with Crippen molar-refractivity contribution in [1.29, 1.82) is 0 Å². The number of carbonyl (C=O) groups is 1. The van der Waals surface area contributed by atoms with Gasteiger partial charge in [-0.25, -0.2) is 0 Å². The molecule has 1 rings (SSSR count). The molecule has 4 nitrogen and oxygen atoms in total. The average Bonchev–Trinajstić information content (AvgIpc) is 2.37. The van der Waals surface area contributed by atoms with E-state index in [0.717, 1.165) is 18.7 Å². The van der Waals surface area contributed by atoms with Crippen LogP contribution in [0.25, 0.3) is 0 Å². The summed E-state index contributed by atoms with van der Waals surface area (Å²) in [5.74, 6) is -0.00841. The van der Waals surface area contributed by atoms with Crippen molar-refractivity contribution in [2.75, 3.05) is 13.1 Å². The Balaban J connectivity index is 2.22. The summed E-state index contributed by atoms with van der Waals surface area (Å²) in [6.07, 6.45) is 4.26. The molecule has 1 heterocycles. The van der Waals surface area contributed by atoms with Gasteiger partial charge in [0.1, 0.15) is 0 Å². The average molecular weight is 233 g/mol. The van der Waals surface area contributed by atoms with Crippen LogP contribution >= 0.6 is 0 Å². The highest BCUT2D eigenvalue weighted by atomic mass is 16.2. The predicted molar refractivity (Wildman–Crippen MR) is 68.6 cm³/mol. The highest BCUT2D eigenvalue weighted by Crippen LogP contribution is 1.93. The molecule has 0 aliphatic rings. The van der Waals surface area contributed by atoms with E-state index >= 15 is 0 Å². The first-order valence-electron chi connectivity index (χ1n) is 5.76. The molecule has 17 heavy (non-hydrogen) atoms. The minimum absolute atomic E-state index is 0.00841. The van der Waals surface area contributed by atoms with Crippen LogP contribution in [0.1, 0.15) is 12.6 Å². The number of rotatable bonds is 7. The predicted octanol–water partition coefficient (Wildman–Crippen LogP) is 0.904. The summed E-state index contributed by atoms with van der Waals surface area (Å²) in [4.78, 5) is 15.7. The van der Waals surface area contributed by atoms with Gasteiger partial charge in [0.05, 0.1) is 6.04 Å². The monoisotopic (exact) mass is 233 g/mol. The Bertz CT molecular complexity index is 351. The lowest BCUT2D eigenvalue weighted by atomic mass is 10.2. The standard InChI is InChI=1S/C13H19N3O/c1-3-8-16-13(17)11(2)14-10-7-12-6-4-5-9-15-12/h3-6,9,11,14H,1,7-8,10H2,2H3,(H,16,17). The van der Waals surface area contributed by atoms with Crippen LogP contribution in [-0.4, -0.2) is 30.0 Å². The number of carbonyl (C=O) groups excluding carboxylic acids is 1. The third-order valence-corrected chi connectivity index (χ3v) is 2.37. The SMILES string of the molecule is C=CCNC(=O)C(C)NCCc1ccccn1. The largest absolute Gasteiger partial charge is 0.351 e. The van der Waals surface area contributed by atoms with Gasteiger partial charge in [-0.15, -0.1) is 6.58 Å². The summed E-state index contributed by atoms with van der Waals surface area (Å²) in [5, 5.41) is 5.90. The van der Waals surface area contributed by atoms with Crippen LogP contribution in [0, 0.1) is 0 Å². The lowest BCUT2D eigenvalue weighted by Crippen LogP contribution is -2.42. The summed E-state index contributed by atoms with van der Waals surface area (Å²) in [6.45, 7) is 6.64. The highest BCUT2D eigenvalue weighted by Gasteiger charge is 2.10. The molecule has 1 unspecified atom stereocenters. The summed E-state index contributed by atoms with van der Waals surface area (Å²) in [5.41, 5.74) is 1.03. The van der Waals surface area contributed by atoms with Crippen LogP contribution in [0.2, 0.25) is 0 Å². The molecule has 1 atom stereocenters. The van der Waals surface area contributed by atoms with Crippen molar-refractivity contribution < 1.29 is 4.79 Å². The van der Waals surface area contributed by atoms with Gasteiger partial charge in [-0.05, 0) is 19.1 Å². The van der Waals surface area contributed by atoms with Gasteiger partial charge in [-0.3, -0.25) is 9.78 Å². The van der Waals surface area contributed by atoms with E-state index < -0.39 is 0 Å². The number of nitrogens with zero attached hydrogens (tertiary/aromatic N) is 1. The van der Waals surface area contributed by atoms with E-state index in [1.54, 1.807) is 12.3 Å². The summed E-state index contributed by atoms with van der Waals surface area (Å²) in [6, 6.07) is 5.63. The van der Waals surface area contributed by atoms with E-state index in [1.807, 2.05) is 25.1 Å². The van der Waals surface area contributed by atoms with Gasteiger partial charge in [-0.2, -0.15) is 0 Å². The minimum Gasteiger partial charge on any atom is -0.351 e. The summed E-state index contributed by atoms with van der Waals surface area (Å²) in [7, 11) is 0. The van der Waals surface area contributed by atoms with Crippen LogP contribution in [-0.2, 0) is 11.2 Å². The van der Waals surface area contributed by atoms with Gasteiger partial charge in [0.25, 0.3) is 0 Å². The first-order valence-corrected chi connectivity index (χ1v) is 5.76. The number of hydrogen-bond donors (Lipinski definition) is 2. The third-order valence-electron chi connectivity index (χ3n) is 2.37. The molecule has 0 spiro atoms. The fourth-order valence-electron chi connectivity index (χ4n) is 1.38. The Kier molecular flexibility index (Phi) is 5.96. The number of hydrogen-bond acceptors (Lipinski definition) is 3. The maximum absolute atomic E-state index is 11.5. The molecular formula is C13H19N3O. The molecule has 0 saturated heterocycles. The Labute approximate surface area is 102 Å². The van der Waals surface area contributed by atoms with Crippen molar-refractivity contribution in [2.24, 2.45) is 0 Å². The zero-order valence-corrected chi connectivity index (χ0v) is 10.1. The zero-order chi connectivity index (χ0) is 12.5. The molecule has 0 aliphatic heterocycles. The number of pyridine rings is 1. The first-order chi connectivity index (χ1) is 8.24. The van der Waals surface area contributed by atoms with E-state index in [9.17, 15) is 4.79 Å². The molecule has 0 aromatic carbocycles. The quantitative estimate of drug-likeness (QED) is 0.688. The Morgan fingerprint density at radius 1 is 1.59 bits per heavy atom. The third kappa shape index (κ3) is 5.26. The molecule has 1 aromatic rings. The van der Waals surface area contributed by atoms with Gasteiger partial charge in [-0.1, -0.05) is 12.1 Å². The van der Waals surface area contributed by atoms with Gasteiger partial charge < -0.3 is 10.6 Å². The van der Waals surface area contributed by atoms with E-state index in [1.165, 1.54) is 0 Å². The minimum atomic E-state index is -0.196. The number of amides is 1. The van der Waals surface area contributed by atoms with Crippen molar-refractivity contribution in [3.63, 3.8) is 0 Å². The van der Waals surface area contributed by atoms with Crippen molar-refractivity contribution in [1.82, 2.24) is 15.6 Å². The fraction of sp³-hybridized carbons (Fsp3) is 0.385. The van der Waals surface area contributed by atoms with Crippen molar-refractivity contribution in [2.45, 2.75) is 19.4 Å². The lowest BCUT2D eigenvalue weighted by molar-refractivity contribution is -0.122. The van der Waals surface area contributed by atoms with Crippen LogP contribution < -0.4 is 10.6 Å². The van der Waals surface area contributed by atoms with Gasteiger partial charge in [0.2, 0.25) is 5.91 Å². The van der Waals surface area contributed by atoms with E-state index in [0.29, 0.717) is 6.54 Å². The number of aromatic nitrogens is 1. The van der Waals surface area contributed by atoms with E-state index in [-0.39, 0.29) is 11.9 Å². The Hall–Kier alpha value is -1.68. The van der Waals surface area contributed by atoms with Gasteiger partial charge in [0, 0.05) is 31.4 Å². The molecule has 1 aromatic heterocycles. The normalized spacial score (nSPS) is 11.8. The molecule has 2 N–H and O–H groups in total. The zero-order valence-electron chi connectivity index (χ0n) is 10.1. The molecule has 92 valence electrons. The molecular weight excluding hydrogens is 214 g/mol. The molecule has 4 heteroatoms. The van der Waals surface area contributed by atoms with E-state index in [2.05, 4.69) is 22.2 Å². The van der Waals surface area contributed by atoms with Gasteiger partial charge in [0.15, 0.2) is 0 Å². The van der Waals surface area contributed by atoms with Crippen molar-refractivity contribution >= 4 is 5.91 Å². The molecule has 0 saturated carbocycles. The Morgan fingerprint density at radius 2 is 2.41 bits per heavy atom. The summed E-state index contributed by atoms with van der Waals surface area (Å²) >= 11 is 0. The smallest absolute Gasteiger partial charge is 0.237 e. The van der Waals surface area contributed by atoms with Crippen LogP contribution in [0.3, 0.4) is 0 Å². The maximum Gasteiger partial charge on any atom is 0.237 e. The Morgan fingerprint density at radius 3 is 3.06 bits per heavy atom. The van der Waals surface area contributed by atoms with Gasteiger partial charge >= 0.3 is 0 Å². The fourth-order valence-corrected chi connectivity index (χ4v) is 1.38. The molecule has 0 fully saturated rings. The molecule has 0 bridgehead atoms.